The maximum atomic E-state index is 9.80. The molecule has 0 atom stereocenters. The van der Waals surface area contributed by atoms with Crippen molar-refractivity contribution in [2.45, 2.75) is 37.5 Å². The summed E-state index contributed by atoms with van der Waals surface area (Å²) in [4.78, 5) is 0. The lowest BCUT2D eigenvalue weighted by molar-refractivity contribution is -0.0398. The van der Waals surface area contributed by atoms with Crippen LogP contribution in [0.3, 0.4) is 0 Å². The molecule has 5 aliphatic carbocycles. The van der Waals surface area contributed by atoms with Gasteiger partial charge in [0.25, 0.3) is 0 Å². The molecular weight excluding hydrogens is 571 g/mol. The van der Waals surface area contributed by atoms with Crippen molar-refractivity contribution in [1.82, 2.24) is 0 Å². The van der Waals surface area contributed by atoms with Crippen LogP contribution in [0.15, 0.2) is 115 Å². The molecule has 5 aliphatic rings. The van der Waals surface area contributed by atoms with Crippen molar-refractivity contribution < 1.29 is 9.68 Å². The minimum atomic E-state index is -0.350. The van der Waals surface area contributed by atoms with E-state index in [2.05, 4.69) is 115 Å². The van der Waals surface area contributed by atoms with E-state index in [4.69, 9.17) is 4.65 Å². The molecule has 4 fully saturated rings. The van der Waals surface area contributed by atoms with E-state index in [0.717, 1.165) is 51.0 Å². The minimum Gasteiger partial charge on any atom is -0.538 e. The van der Waals surface area contributed by atoms with Crippen molar-refractivity contribution in [2.24, 2.45) is 23.7 Å². The fraction of sp³-hybridized carbons (Fsp3) is 0.227. The quantitative estimate of drug-likeness (QED) is 0.160. The zero-order valence-electron chi connectivity index (χ0n) is 26.4. The summed E-state index contributed by atoms with van der Waals surface area (Å²) in [5.74, 6) is 4.04. The van der Waals surface area contributed by atoms with Crippen molar-refractivity contribution in [3.63, 3.8) is 0 Å². The van der Waals surface area contributed by atoms with E-state index in [1.807, 2.05) is 0 Å². The zero-order valence-corrected chi connectivity index (χ0v) is 26.4. The Kier molecular flexibility index (Phi) is 5.34. The van der Waals surface area contributed by atoms with Crippen LogP contribution < -0.4 is 4.65 Å². The third-order valence-corrected chi connectivity index (χ3v) is 12.8. The summed E-state index contributed by atoms with van der Waals surface area (Å²) < 4.78 is 5.87. The first-order valence-electron chi connectivity index (χ1n) is 17.5. The molecule has 1 N–H and O–H groups in total. The molecular formula is C44H35BO2. The Labute approximate surface area is 275 Å². The summed E-state index contributed by atoms with van der Waals surface area (Å²) in [6.45, 7) is 0. The summed E-state index contributed by atoms with van der Waals surface area (Å²) in [6, 6.07) is 43.3. The van der Waals surface area contributed by atoms with Gasteiger partial charge in [0.1, 0.15) is 5.75 Å². The number of fused-ring (bicyclic) bond motifs is 7. The van der Waals surface area contributed by atoms with Gasteiger partial charge in [-0.3, -0.25) is 0 Å². The molecule has 3 heteroatoms. The maximum Gasteiger partial charge on any atom is 0.504 e. The first-order valence-corrected chi connectivity index (χ1v) is 17.5. The molecule has 226 valence electrons. The molecule has 4 saturated carbocycles. The Morgan fingerprint density at radius 1 is 0.532 bits per heavy atom. The number of hydrogen-bond donors (Lipinski definition) is 1. The predicted molar refractivity (Wildman–Crippen MR) is 195 cm³/mol. The normalized spacial score (nSPS) is 25.2. The predicted octanol–water partition coefficient (Wildman–Crippen LogP) is 10.3. The van der Waals surface area contributed by atoms with E-state index < -0.39 is 0 Å². The van der Waals surface area contributed by atoms with Crippen molar-refractivity contribution in [3.8, 4) is 28.0 Å². The van der Waals surface area contributed by atoms with Gasteiger partial charge in [0.2, 0.25) is 0 Å². The van der Waals surface area contributed by atoms with Gasteiger partial charge in [0.05, 0.1) is 0 Å². The highest BCUT2D eigenvalue weighted by molar-refractivity contribution is 6.23. The zero-order chi connectivity index (χ0) is 30.9. The Morgan fingerprint density at radius 2 is 1.04 bits per heavy atom. The molecule has 4 bridgehead atoms. The smallest absolute Gasteiger partial charge is 0.504 e. The van der Waals surface area contributed by atoms with Crippen molar-refractivity contribution in [2.75, 3.05) is 0 Å². The monoisotopic (exact) mass is 606 g/mol. The second-order valence-electron chi connectivity index (χ2n) is 14.9. The van der Waals surface area contributed by atoms with E-state index in [9.17, 15) is 5.02 Å². The summed E-state index contributed by atoms with van der Waals surface area (Å²) in [5.41, 5.74) is 8.74. The fourth-order valence-corrected chi connectivity index (χ4v) is 11.4. The van der Waals surface area contributed by atoms with E-state index in [1.165, 1.54) is 75.9 Å². The lowest BCUT2D eigenvalue weighted by atomic mass is 9.43. The Morgan fingerprint density at radius 3 is 1.64 bits per heavy atom. The van der Waals surface area contributed by atoms with Crippen molar-refractivity contribution in [3.05, 3.63) is 126 Å². The minimum absolute atomic E-state index is 0.120. The van der Waals surface area contributed by atoms with E-state index in [1.54, 1.807) is 11.1 Å². The van der Waals surface area contributed by atoms with Crippen molar-refractivity contribution in [1.29, 1.82) is 0 Å². The average molecular weight is 607 g/mol. The van der Waals surface area contributed by atoms with Crippen LogP contribution in [0.2, 0.25) is 0 Å². The molecule has 7 aromatic carbocycles. The second-order valence-corrected chi connectivity index (χ2v) is 14.9. The Balaban J connectivity index is 1.18. The highest BCUT2D eigenvalue weighted by Crippen LogP contribution is 2.69. The lowest BCUT2D eigenvalue weighted by Crippen LogP contribution is -2.55. The first-order chi connectivity index (χ1) is 23.2. The molecule has 12 rings (SSSR count). The third kappa shape index (κ3) is 3.46. The lowest BCUT2D eigenvalue weighted by Gasteiger charge is -2.61. The van der Waals surface area contributed by atoms with Gasteiger partial charge in [-0.15, -0.1) is 0 Å². The summed E-state index contributed by atoms with van der Waals surface area (Å²) in [5, 5.41) is 19.5. The molecule has 0 heterocycles. The van der Waals surface area contributed by atoms with Crippen LogP contribution >= 0.6 is 0 Å². The van der Waals surface area contributed by atoms with E-state index in [-0.39, 0.29) is 13.1 Å². The van der Waals surface area contributed by atoms with Gasteiger partial charge in [-0.1, -0.05) is 84.9 Å². The third-order valence-electron chi connectivity index (χ3n) is 12.8. The fourth-order valence-electron chi connectivity index (χ4n) is 11.4. The standard InChI is InChI=1S/C44H35BO2/c46-45-47-43-36-11-5-3-9-34(36)42(35-10-4-6-12-37(35)43)30-14-13-29-22-39-38-21-27-7-1-2-8-28(27)23-40(38)44(41(39)24-31(29)20-30)32-16-25-15-26(18-32)19-33(44)17-25/h1-14,20-26,32-33,45-46H,15-19H2. The molecule has 7 aromatic rings. The Hall–Kier alpha value is -4.60. The molecule has 0 unspecified atom stereocenters. The molecule has 1 spiro atoms. The maximum absolute atomic E-state index is 9.80. The molecule has 0 radical (unpaired) electrons. The molecule has 0 amide bonds. The number of rotatable bonds is 3. The number of hydrogen-bond acceptors (Lipinski definition) is 2. The van der Waals surface area contributed by atoms with Crippen LogP contribution in [-0.2, 0) is 5.41 Å². The first kappa shape index (κ1) is 26.5. The highest BCUT2D eigenvalue weighted by Gasteiger charge is 2.61. The van der Waals surface area contributed by atoms with Crippen LogP contribution in [0, 0.1) is 23.7 Å². The van der Waals surface area contributed by atoms with Gasteiger partial charge < -0.3 is 9.68 Å². The largest absolute Gasteiger partial charge is 0.538 e. The molecule has 2 nitrogen and oxygen atoms in total. The molecule has 0 aromatic heterocycles. The molecule has 0 saturated heterocycles. The van der Waals surface area contributed by atoms with Gasteiger partial charge in [0.15, 0.2) is 0 Å². The van der Waals surface area contributed by atoms with Crippen LogP contribution in [0.25, 0.3) is 65.3 Å². The average Bonchev–Trinajstić information content (AvgIpc) is 3.36. The Bertz CT molecular complexity index is 2370. The van der Waals surface area contributed by atoms with Crippen LogP contribution in [0.4, 0.5) is 0 Å². The SMILES string of the molecule is OBOc1c2ccccc2c(-c2ccc3cc4c(cc3c2)C2(c3cc5ccccc5cc3-4)C3CC4CC(C3)CC2C4)c2ccccc12. The van der Waals surface area contributed by atoms with Gasteiger partial charge in [-0.25, -0.2) is 0 Å². The molecule has 47 heavy (non-hydrogen) atoms. The summed E-state index contributed by atoms with van der Waals surface area (Å²) in [7, 11) is -0.350. The topological polar surface area (TPSA) is 29.5 Å². The van der Waals surface area contributed by atoms with E-state index in [0.29, 0.717) is 0 Å². The second kappa shape index (κ2) is 9.49. The van der Waals surface area contributed by atoms with Gasteiger partial charge in [-0.2, -0.15) is 0 Å². The highest BCUT2D eigenvalue weighted by atomic mass is 16.5. The van der Waals surface area contributed by atoms with Crippen LogP contribution in [0.1, 0.15) is 43.2 Å². The van der Waals surface area contributed by atoms with Gasteiger partial charge >= 0.3 is 7.69 Å². The summed E-state index contributed by atoms with van der Waals surface area (Å²) >= 11 is 0. The summed E-state index contributed by atoms with van der Waals surface area (Å²) in [6.07, 6.45) is 7.01. The van der Waals surface area contributed by atoms with Gasteiger partial charge in [0, 0.05) is 16.2 Å². The van der Waals surface area contributed by atoms with Crippen molar-refractivity contribution >= 4 is 50.8 Å². The number of benzene rings is 7. The van der Waals surface area contributed by atoms with E-state index >= 15 is 0 Å². The molecule has 0 aliphatic heterocycles. The van der Waals surface area contributed by atoms with Crippen LogP contribution in [0.5, 0.6) is 5.75 Å². The van der Waals surface area contributed by atoms with Gasteiger partial charge in [-0.05, 0) is 152 Å². The van der Waals surface area contributed by atoms with Crippen LogP contribution in [-0.4, -0.2) is 12.7 Å².